The van der Waals surface area contributed by atoms with Crippen molar-refractivity contribution in [1.29, 1.82) is 5.26 Å². The van der Waals surface area contributed by atoms with Crippen LogP contribution in [0.25, 0.3) is 0 Å². The third-order valence-corrected chi connectivity index (χ3v) is 5.85. The molecule has 0 spiro atoms. The van der Waals surface area contributed by atoms with Crippen molar-refractivity contribution in [2.45, 2.75) is 4.90 Å². The number of sulfonamides is 1. The number of hydrazine groups is 1. The molecule has 0 bridgehead atoms. The normalized spacial score (nSPS) is 10.8. The lowest BCUT2D eigenvalue weighted by Crippen LogP contribution is -2.48. The Labute approximate surface area is 176 Å². The van der Waals surface area contributed by atoms with E-state index in [1.165, 1.54) is 36.4 Å². The van der Waals surface area contributed by atoms with Crippen LogP contribution < -0.4 is 15.2 Å². The van der Waals surface area contributed by atoms with E-state index in [1.54, 1.807) is 42.5 Å². The number of anilines is 2. The summed E-state index contributed by atoms with van der Waals surface area (Å²) < 4.78 is 26.2. The molecular formula is C20H15BrN4O3S. The van der Waals surface area contributed by atoms with Gasteiger partial charge in [0.25, 0.3) is 10.0 Å². The highest BCUT2D eigenvalue weighted by Crippen LogP contribution is 2.23. The van der Waals surface area contributed by atoms with Crippen molar-refractivity contribution >= 4 is 43.4 Å². The highest BCUT2D eigenvalue weighted by atomic mass is 79.9. The summed E-state index contributed by atoms with van der Waals surface area (Å²) in [4.78, 5) is 15.2. The third kappa shape index (κ3) is 5.00. The number of nitrogens with one attached hydrogen (secondary N) is 2. The number of benzene rings is 3. The average molecular weight is 471 g/mol. The Morgan fingerprint density at radius 2 is 1.55 bits per heavy atom. The fourth-order valence-electron chi connectivity index (χ4n) is 2.40. The molecule has 0 fully saturated rings. The first-order valence-electron chi connectivity index (χ1n) is 8.34. The van der Waals surface area contributed by atoms with Gasteiger partial charge in [0.15, 0.2) is 0 Å². The van der Waals surface area contributed by atoms with Gasteiger partial charge >= 0.3 is 6.03 Å². The number of hydrogen-bond donors (Lipinski definition) is 2. The van der Waals surface area contributed by atoms with Crippen LogP contribution in [-0.2, 0) is 10.0 Å². The first kappa shape index (κ1) is 20.5. The zero-order valence-electron chi connectivity index (χ0n) is 14.9. The fourth-order valence-corrected chi connectivity index (χ4v) is 3.84. The molecule has 2 N–H and O–H groups in total. The predicted octanol–water partition coefficient (Wildman–Crippen LogP) is 4.25. The molecule has 0 heterocycles. The van der Waals surface area contributed by atoms with Gasteiger partial charge in [-0.2, -0.15) is 5.26 Å². The van der Waals surface area contributed by atoms with Crippen molar-refractivity contribution in [1.82, 2.24) is 4.83 Å². The molecule has 3 aromatic rings. The number of hydrogen-bond acceptors (Lipinski definition) is 4. The monoisotopic (exact) mass is 470 g/mol. The molecule has 3 rings (SSSR count). The molecule has 7 nitrogen and oxygen atoms in total. The molecule has 9 heteroatoms. The van der Waals surface area contributed by atoms with Gasteiger partial charge in [-0.05, 0) is 64.5 Å². The second kappa shape index (κ2) is 8.87. The Bertz CT molecular complexity index is 1160. The first-order valence-corrected chi connectivity index (χ1v) is 10.6. The third-order valence-electron chi connectivity index (χ3n) is 3.84. The summed E-state index contributed by atoms with van der Waals surface area (Å²) >= 11 is 3.34. The van der Waals surface area contributed by atoms with Crippen LogP contribution in [0.4, 0.5) is 16.2 Å². The quantitative estimate of drug-likeness (QED) is 0.543. The van der Waals surface area contributed by atoms with Crippen LogP contribution >= 0.6 is 15.9 Å². The minimum Gasteiger partial charge on any atom is -0.305 e. The zero-order chi connectivity index (χ0) is 20.9. The Hall–Kier alpha value is -3.19. The summed E-state index contributed by atoms with van der Waals surface area (Å²) in [6.07, 6.45) is 0. The van der Waals surface area contributed by atoms with Crippen molar-refractivity contribution in [2.75, 3.05) is 10.3 Å². The van der Waals surface area contributed by atoms with Gasteiger partial charge in [-0.3, -0.25) is 0 Å². The fraction of sp³-hybridized carbons (Fsp3) is 0. The van der Waals surface area contributed by atoms with Crippen molar-refractivity contribution in [3.05, 3.63) is 88.9 Å². The summed E-state index contributed by atoms with van der Waals surface area (Å²) in [6, 6.07) is 21.8. The number of nitrogens with zero attached hydrogens (tertiary/aromatic N) is 2. The molecule has 0 aliphatic rings. The van der Waals surface area contributed by atoms with E-state index in [-0.39, 0.29) is 10.6 Å². The van der Waals surface area contributed by atoms with Crippen molar-refractivity contribution in [2.24, 2.45) is 0 Å². The second-order valence-electron chi connectivity index (χ2n) is 5.81. The Balaban J connectivity index is 1.96. The van der Waals surface area contributed by atoms with Gasteiger partial charge in [-0.15, -0.1) is 4.83 Å². The largest absolute Gasteiger partial charge is 0.341 e. The number of amides is 2. The lowest BCUT2D eigenvalue weighted by molar-refractivity contribution is 0.256. The molecule has 0 saturated heterocycles. The van der Waals surface area contributed by atoms with Gasteiger partial charge in [-0.1, -0.05) is 30.3 Å². The maximum absolute atomic E-state index is 12.9. The van der Waals surface area contributed by atoms with E-state index < -0.39 is 16.1 Å². The molecule has 0 aromatic heterocycles. The van der Waals surface area contributed by atoms with Crippen LogP contribution in [0.3, 0.4) is 0 Å². The smallest absolute Gasteiger partial charge is 0.305 e. The number of halogens is 1. The zero-order valence-corrected chi connectivity index (χ0v) is 17.3. The maximum Gasteiger partial charge on any atom is 0.341 e. The van der Waals surface area contributed by atoms with Crippen LogP contribution in [0.15, 0.2) is 88.2 Å². The van der Waals surface area contributed by atoms with E-state index in [4.69, 9.17) is 5.26 Å². The number of para-hydroxylation sites is 1. The van der Waals surface area contributed by atoms with Gasteiger partial charge in [0.1, 0.15) is 0 Å². The molecule has 0 aliphatic carbocycles. The standard InChI is InChI=1S/C20H15BrN4O3S/c21-18-8-4-5-9-19(18)23-20(26)25(16-12-10-15(14-22)11-13-16)24-29(27,28)17-6-2-1-3-7-17/h1-13,24H,(H,23,26). The van der Waals surface area contributed by atoms with Crippen molar-refractivity contribution < 1.29 is 13.2 Å². The Morgan fingerprint density at radius 3 is 2.17 bits per heavy atom. The van der Waals surface area contributed by atoms with Crippen LogP contribution in [-0.4, -0.2) is 14.4 Å². The average Bonchev–Trinajstić information content (AvgIpc) is 2.74. The van der Waals surface area contributed by atoms with E-state index in [1.807, 2.05) is 6.07 Å². The summed E-state index contributed by atoms with van der Waals surface area (Å²) in [7, 11) is -4.03. The van der Waals surface area contributed by atoms with Gasteiger partial charge in [0.2, 0.25) is 0 Å². The summed E-state index contributed by atoms with van der Waals surface area (Å²) in [5.74, 6) is 0. The van der Waals surface area contributed by atoms with E-state index in [9.17, 15) is 13.2 Å². The van der Waals surface area contributed by atoms with Gasteiger partial charge in [0, 0.05) is 4.47 Å². The molecule has 0 unspecified atom stereocenters. The first-order chi connectivity index (χ1) is 13.9. The summed E-state index contributed by atoms with van der Waals surface area (Å²) in [5, 5.41) is 12.5. The molecule has 146 valence electrons. The van der Waals surface area contributed by atoms with E-state index >= 15 is 0 Å². The molecule has 0 radical (unpaired) electrons. The highest BCUT2D eigenvalue weighted by Gasteiger charge is 2.24. The Morgan fingerprint density at radius 1 is 0.931 bits per heavy atom. The summed E-state index contributed by atoms with van der Waals surface area (Å²) in [6.45, 7) is 0. The number of nitriles is 1. The summed E-state index contributed by atoms with van der Waals surface area (Å²) in [5.41, 5.74) is 1.09. The number of urea groups is 1. The van der Waals surface area contributed by atoms with Crippen LogP contribution in [0, 0.1) is 11.3 Å². The minimum atomic E-state index is -4.03. The van der Waals surface area contributed by atoms with E-state index in [0.717, 1.165) is 5.01 Å². The lowest BCUT2D eigenvalue weighted by atomic mass is 10.2. The van der Waals surface area contributed by atoms with E-state index in [0.29, 0.717) is 15.7 Å². The highest BCUT2D eigenvalue weighted by molar-refractivity contribution is 9.10. The molecule has 0 atom stereocenters. The SMILES string of the molecule is N#Cc1ccc(N(NS(=O)(=O)c2ccccc2)C(=O)Nc2ccccc2Br)cc1. The predicted molar refractivity (Wildman–Crippen MR) is 114 cm³/mol. The number of rotatable bonds is 5. The maximum atomic E-state index is 12.9. The van der Waals surface area contributed by atoms with Gasteiger partial charge < -0.3 is 5.32 Å². The number of carbonyl (C=O) groups excluding carboxylic acids is 1. The van der Waals surface area contributed by atoms with E-state index in [2.05, 4.69) is 26.1 Å². The Kier molecular flexibility index (Phi) is 6.29. The molecule has 0 aliphatic heterocycles. The van der Waals surface area contributed by atoms with Crippen LogP contribution in [0.2, 0.25) is 0 Å². The second-order valence-corrected chi connectivity index (χ2v) is 8.33. The lowest BCUT2D eigenvalue weighted by Gasteiger charge is -2.24. The van der Waals surface area contributed by atoms with Crippen LogP contribution in [0.1, 0.15) is 5.56 Å². The van der Waals surface area contributed by atoms with Gasteiger partial charge in [0.05, 0.1) is 27.9 Å². The molecule has 2 amide bonds. The molecule has 29 heavy (non-hydrogen) atoms. The molecule has 3 aromatic carbocycles. The molecule has 0 saturated carbocycles. The molecular weight excluding hydrogens is 456 g/mol. The topological polar surface area (TPSA) is 102 Å². The van der Waals surface area contributed by atoms with Gasteiger partial charge in [-0.25, -0.2) is 18.2 Å². The van der Waals surface area contributed by atoms with Crippen molar-refractivity contribution in [3.8, 4) is 6.07 Å². The van der Waals surface area contributed by atoms with Crippen LogP contribution in [0.5, 0.6) is 0 Å². The number of carbonyl (C=O) groups is 1. The minimum absolute atomic E-state index is 0.00679. The van der Waals surface area contributed by atoms with Crippen molar-refractivity contribution in [3.63, 3.8) is 0 Å².